The third kappa shape index (κ3) is 2.07. The van der Waals surface area contributed by atoms with Gasteiger partial charge in [0.2, 0.25) is 0 Å². The lowest BCUT2D eigenvalue weighted by Gasteiger charge is -2.44. The monoisotopic (exact) mass is 331 g/mol. The second-order valence-electron chi connectivity index (χ2n) is 4.83. The van der Waals surface area contributed by atoms with Crippen LogP contribution in [0.25, 0.3) is 0 Å². The number of hydrogen-bond donors (Lipinski definition) is 0. The van der Waals surface area contributed by atoms with Crippen molar-refractivity contribution in [2.45, 2.75) is 27.6 Å². The van der Waals surface area contributed by atoms with Gasteiger partial charge in [0.1, 0.15) is 15.8 Å². The lowest BCUT2D eigenvalue weighted by molar-refractivity contribution is 0.0950. The van der Waals surface area contributed by atoms with Crippen LogP contribution in [0.3, 0.4) is 0 Å². The number of pyridine rings is 2. The minimum atomic E-state index is -0.302. The van der Waals surface area contributed by atoms with Crippen LogP contribution in [0.4, 0.5) is 4.79 Å². The average Bonchev–Trinajstić information content (AvgIpc) is 2.55. The van der Waals surface area contributed by atoms with Crippen molar-refractivity contribution in [2.75, 3.05) is 6.61 Å². The van der Waals surface area contributed by atoms with E-state index in [4.69, 9.17) is 4.74 Å². The highest BCUT2D eigenvalue weighted by Gasteiger charge is 2.46. The molecular weight excluding hydrogens is 318 g/mol. The molecular formula is C15H13N3O2S2. The second-order valence-corrected chi connectivity index (χ2v) is 7.02. The van der Waals surface area contributed by atoms with Crippen molar-refractivity contribution in [1.82, 2.24) is 14.9 Å². The van der Waals surface area contributed by atoms with Crippen LogP contribution >= 0.6 is 23.5 Å². The predicted octanol–water partition coefficient (Wildman–Crippen LogP) is 3.84. The van der Waals surface area contributed by atoms with Crippen molar-refractivity contribution in [3.8, 4) is 0 Å². The van der Waals surface area contributed by atoms with Crippen LogP contribution in [0, 0.1) is 0 Å². The van der Waals surface area contributed by atoms with Crippen LogP contribution in [0.5, 0.6) is 0 Å². The Hall–Kier alpha value is -1.73. The molecule has 2 aliphatic heterocycles. The van der Waals surface area contributed by atoms with Crippen molar-refractivity contribution in [3.63, 3.8) is 0 Å². The van der Waals surface area contributed by atoms with Crippen LogP contribution in [0.1, 0.15) is 28.9 Å². The van der Waals surface area contributed by atoms with E-state index in [1.54, 1.807) is 40.8 Å². The Kier molecular flexibility index (Phi) is 3.46. The Bertz CT molecular complexity index is 687. The van der Waals surface area contributed by atoms with E-state index in [2.05, 4.69) is 16.0 Å². The summed E-state index contributed by atoms with van der Waals surface area (Å²) in [7, 11) is 0. The number of hydrogen-bond acceptors (Lipinski definition) is 6. The molecule has 2 aliphatic rings. The van der Waals surface area contributed by atoms with E-state index in [-0.39, 0.29) is 16.8 Å². The molecule has 0 radical (unpaired) electrons. The molecule has 4 heterocycles. The highest BCUT2D eigenvalue weighted by molar-refractivity contribution is 8.01. The number of ether oxygens (including phenoxy) is 1. The number of carbonyl (C=O) groups is 1. The molecule has 2 atom stereocenters. The summed E-state index contributed by atoms with van der Waals surface area (Å²) < 4.78 is 5.26. The minimum Gasteiger partial charge on any atom is -0.450 e. The first-order valence-electron chi connectivity index (χ1n) is 6.98. The number of nitrogens with zero attached hydrogens (tertiary/aromatic N) is 3. The average molecular weight is 331 g/mol. The zero-order valence-corrected chi connectivity index (χ0v) is 13.4. The van der Waals surface area contributed by atoms with E-state index < -0.39 is 0 Å². The van der Waals surface area contributed by atoms with Gasteiger partial charge in [-0.15, -0.1) is 0 Å². The summed E-state index contributed by atoms with van der Waals surface area (Å²) in [5.41, 5.74) is 1.95. The number of aromatic nitrogens is 2. The van der Waals surface area contributed by atoms with E-state index in [0.717, 1.165) is 21.2 Å². The van der Waals surface area contributed by atoms with Gasteiger partial charge in [0.05, 0.1) is 12.3 Å². The highest BCUT2D eigenvalue weighted by Crippen LogP contribution is 2.59. The van der Waals surface area contributed by atoms with Crippen LogP contribution in [-0.4, -0.2) is 27.6 Å². The first kappa shape index (κ1) is 13.9. The summed E-state index contributed by atoms with van der Waals surface area (Å²) in [4.78, 5) is 24.3. The van der Waals surface area contributed by atoms with Crippen molar-refractivity contribution in [1.29, 1.82) is 0 Å². The normalized spacial score (nSPS) is 21.8. The summed E-state index contributed by atoms with van der Waals surface area (Å²) in [6.45, 7) is 2.18. The standard InChI is InChI=1S/C15H13N3O2S2/c1-2-20-15(19)18-13-9-5-3-8-17-12(9)22-14(18)11-10(21-13)6-4-7-16-11/h3-8,13-14H,2H2,1H3/t13-,14-/m0/s1. The molecule has 5 nitrogen and oxygen atoms in total. The van der Waals surface area contributed by atoms with E-state index in [1.165, 1.54) is 0 Å². The maximum absolute atomic E-state index is 12.5. The molecule has 2 aromatic rings. The summed E-state index contributed by atoms with van der Waals surface area (Å²) in [5.74, 6) is 0. The quantitative estimate of drug-likeness (QED) is 0.791. The van der Waals surface area contributed by atoms with Crippen LogP contribution in [0.15, 0.2) is 46.6 Å². The van der Waals surface area contributed by atoms with Gasteiger partial charge in [-0.05, 0) is 25.1 Å². The van der Waals surface area contributed by atoms with Crippen LogP contribution < -0.4 is 0 Å². The Balaban J connectivity index is 1.85. The number of carbonyl (C=O) groups excluding carboxylic acids is 1. The Morgan fingerprint density at radius 2 is 2.05 bits per heavy atom. The fraction of sp³-hybridized carbons (Fsp3) is 0.267. The lowest BCUT2D eigenvalue weighted by Crippen LogP contribution is -2.41. The summed E-state index contributed by atoms with van der Waals surface area (Å²) >= 11 is 3.18. The maximum Gasteiger partial charge on any atom is 0.412 e. The molecule has 2 bridgehead atoms. The van der Waals surface area contributed by atoms with E-state index >= 15 is 0 Å². The zero-order valence-electron chi connectivity index (χ0n) is 11.8. The van der Waals surface area contributed by atoms with Gasteiger partial charge in [0, 0.05) is 22.9 Å². The molecule has 0 saturated heterocycles. The number of fused-ring (bicyclic) bond motifs is 6. The molecule has 22 heavy (non-hydrogen) atoms. The van der Waals surface area contributed by atoms with Crippen molar-refractivity contribution < 1.29 is 9.53 Å². The highest BCUT2D eigenvalue weighted by atomic mass is 32.2. The second kappa shape index (κ2) is 5.48. The molecule has 0 aromatic carbocycles. The molecule has 0 aliphatic carbocycles. The maximum atomic E-state index is 12.5. The van der Waals surface area contributed by atoms with Gasteiger partial charge in [-0.25, -0.2) is 9.78 Å². The summed E-state index contributed by atoms with van der Waals surface area (Å²) in [6, 6.07) is 7.91. The van der Waals surface area contributed by atoms with Gasteiger partial charge in [-0.3, -0.25) is 9.88 Å². The van der Waals surface area contributed by atoms with Crippen LogP contribution in [0.2, 0.25) is 0 Å². The molecule has 0 fully saturated rings. The SMILES string of the molecule is CCOC(=O)N1[C@H]2Sc3cccnc3[C@@H]1Sc1ncccc12. The Morgan fingerprint density at radius 1 is 1.23 bits per heavy atom. The van der Waals surface area contributed by atoms with E-state index in [1.807, 2.05) is 25.1 Å². The topological polar surface area (TPSA) is 55.3 Å². The minimum absolute atomic E-state index is 0.120. The van der Waals surface area contributed by atoms with Crippen LogP contribution in [-0.2, 0) is 4.74 Å². The van der Waals surface area contributed by atoms with Gasteiger partial charge in [0.25, 0.3) is 0 Å². The molecule has 0 saturated carbocycles. The lowest BCUT2D eigenvalue weighted by atomic mass is 10.2. The Morgan fingerprint density at radius 3 is 2.91 bits per heavy atom. The van der Waals surface area contributed by atoms with E-state index in [9.17, 15) is 4.79 Å². The predicted molar refractivity (Wildman–Crippen MR) is 84.5 cm³/mol. The van der Waals surface area contributed by atoms with Gasteiger partial charge >= 0.3 is 6.09 Å². The fourth-order valence-corrected chi connectivity index (χ4v) is 5.45. The third-order valence-corrected chi connectivity index (χ3v) is 6.09. The largest absolute Gasteiger partial charge is 0.450 e. The van der Waals surface area contributed by atoms with Gasteiger partial charge in [0.15, 0.2) is 0 Å². The zero-order chi connectivity index (χ0) is 15.1. The van der Waals surface area contributed by atoms with Gasteiger partial charge in [-0.1, -0.05) is 29.6 Å². The molecule has 7 heteroatoms. The molecule has 2 aromatic heterocycles. The first-order chi connectivity index (χ1) is 10.8. The number of amides is 1. The summed E-state index contributed by atoms with van der Waals surface area (Å²) in [5, 5.41) is 0.649. The molecule has 1 amide bonds. The molecule has 0 N–H and O–H groups in total. The first-order valence-corrected chi connectivity index (χ1v) is 8.73. The number of rotatable bonds is 1. The van der Waals surface area contributed by atoms with Crippen molar-refractivity contribution >= 4 is 29.6 Å². The Labute approximate surface area is 136 Å². The van der Waals surface area contributed by atoms with Gasteiger partial charge < -0.3 is 4.74 Å². The molecule has 4 rings (SSSR count). The fourth-order valence-electron chi connectivity index (χ4n) is 2.63. The van der Waals surface area contributed by atoms with Crippen molar-refractivity contribution in [3.05, 3.63) is 47.9 Å². The van der Waals surface area contributed by atoms with Gasteiger partial charge in [-0.2, -0.15) is 0 Å². The smallest absolute Gasteiger partial charge is 0.412 e. The summed E-state index contributed by atoms with van der Waals surface area (Å²) in [6.07, 6.45) is 3.24. The molecule has 112 valence electrons. The number of thioether (sulfide) groups is 2. The molecule has 0 spiro atoms. The van der Waals surface area contributed by atoms with E-state index in [0.29, 0.717) is 6.61 Å². The third-order valence-electron chi connectivity index (χ3n) is 3.55. The molecule has 0 unspecified atom stereocenters. The van der Waals surface area contributed by atoms with Crippen molar-refractivity contribution in [2.24, 2.45) is 0 Å².